The maximum Gasteiger partial charge on any atom is 0.325 e. The van der Waals surface area contributed by atoms with E-state index in [4.69, 9.17) is 11.6 Å². The van der Waals surface area contributed by atoms with Crippen LogP contribution in [0.25, 0.3) is 0 Å². The van der Waals surface area contributed by atoms with E-state index in [1.54, 1.807) is 29.5 Å². The van der Waals surface area contributed by atoms with E-state index in [-0.39, 0.29) is 23.6 Å². The second-order valence-corrected chi connectivity index (χ2v) is 9.20. The average molecular weight is 434 g/mol. The Balaban J connectivity index is 1.39. The van der Waals surface area contributed by atoms with Crippen molar-refractivity contribution in [2.24, 2.45) is 5.92 Å². The van der Waals surface area contributed by atoms with Crippen molar-refractivity contribution < 1.29 is 14.7 Å². The first kappa shape index (κ1) is 20.2. The molecule has 3 heterocycles. The Morgan fingerprint density at radius 2 is 2.00 bits per heavy atom. The van der Waals surface area contributed by atoms with Crippen LogP contribution in [0.4, 0.5) is 4.79 Å². The second kappa shape index (κ2) is 7.97. The summed E-state index contributed by atoms with van der Waals surface area (Å²) >= 11 is 7.60. The fraction of sp³-hybridized carbons (Fsp3) is 0.429. The fourth-order valence-electron chi connectivity index (χ4n) is 4.29. The molecular weight excluding hydrogens is 410 g/mol. The van der Waals surface area contributed by atoms with Gasteiger partial charge in [0.15, 0.2) is 0 Å². The van der Waals surface area contributed by atoms with E-state index >= 15 is 0 Å². The number of benzene rings is 1. The molecule has 154 valence electrons. The number of piperidine rings is 1. The third-order valence-electron chi connectivity index (χ3n) is 6.06. The number of thiophene rings is 1. The number of carbonyl (C=O) groups is 2. The molecule has 2 aliphatic heterocycles. The number of likely N-dealkylation sites (tertiary alicyclic amines) is 1. The molecule has 3 amide bonds. The maximum atomic E-state index is 13.1. The van der Waals surface area contributed by atoms with Crippen LogP contribution in [0.1, 0.15) is 30.9 Å². The lowest BCUT2D eigenvalue weighted by atomic mass is 9.79. The number of amides is 3. The van der Waals surface area contributed by atoms with Gasteiger partial charge >= 0.3 is 6.03 Å². The van der Waals surface area contributed by atoms with Gasteiger partial charge in [-0.1, -0.05) is 11.6 Å². The number of hydrogen-bond acceptors (Lipinski definition) is 5. The molecule has 2 aliphatic rings. The van der Waals surface area contributed by atoms with E-state index in [9.17, 15) is 14.7 Å². The van der Waals surface area contributed by atoms with E-state index in [0.717, 1.165) is 37.1 Å². The maximum absolute atomic E-state index is 13.1. The molecule has 1 aromatic heterocycles. The molecule has 0 spiro atoms. The highest BCUT2D eigenvalue weighted by Crippen LogP contribution is 2.35. The van der Waals surface area contributed by atoms with Crippen LogP contribution in [0.15, 0.2) is 35.0 Å². The Labute approximate surface area is 179 Å². The third kappa shape index (κ3) is 3.99. The van der Waals surface area contributed by atoms with E-state index in [1.165, 1.54) is 4.90 Å². The van der Waals surface area contributed by atoms with Crippen molar-refractivity contribution in [3.63, 3.8) is 0 Å². The molecule has 2 fully saturated rings. The van der Waals surface area contributed by atoms with Crippen LogP contribution in [0.2, 0.25) is 5.02 Å². The Bertz CT molecular complexity index is 912. The van der Waals surface area contributed by atoms with Crippen LogP contribution in [-0.2, 0) is 17.9 Å². The standard InChI is InChI=1S/C21H24ClN3O3S/c1-21(19(27)25(20(28)23-21)11-14-6-9-29-13-14)16-4-7-24(8-5-16)12-15-10-17(22)2-3-18(15)26/h2-3,6,9-10,13,16,26H,4-5,7-8,11-12H2,1H3,(H,23,28)/t21-/m1/s1. The highest BCUT2D eigenvalue weighted by atomic mass is 35.5. The summed E-state index contributed by atoms with van der Waals surface area (Å²) < 4.78 is 0. The van der Waals surface area contributed by atoms with E-state index in [0.29, 0.717) is 18.1 Å². The zero-order chi connectivity index (χ0) is 20.6. The highest BCUT2D eigenvalue weighted by molar-refractivity contribution is 7.07. The molecule has 0 unspecified atom stereocenters. The van der Waals surface area contributed by atoms with Crippen LogP contribution in [0, 0.1) is 5.92 Å². The lowest BCUT2D eigenvalue weighted by Crippen LogP contribution is -2.53. The number of imide groups is 1. The molecule has 2 saturated heterocycles. The second-order valence-electron chi connectivity index (χ2n) is 7.98. The lowest BCUT2D eigenvalue weighted by Gasteiger charge is -2.39. The van der Waals surface area contributed by atoms with E-state index < -0.39 is 5.54 Å². The van der Waals surface area contributed by atoms with Gasteiger partial charge in [0.2, 0.25) is 0 Å². The zero-order valence-corrected chi connectivity index (χ0v) is 17.8. The van der Waals surface area contributed by atoms with Crippen LogP contribution in [-0.4, -0.2) is 45.5 Å². The summed E-state index contributed by atoms with van der Waals surface area (Å²) in [5.74, 6) is 0.182. The molecule has 0 radical (unpaired) electrons. The molecule has 29 heavy (non-hydrogen) atoms. The molecule has 4 rings (SSSR count). The van der Waals surface area contributed by atoms with Crippen molar-refractivity contribution in [1.82, 2.24) is 15.1 Å². The quantitative estimate of drug-likeness (QED) is 0.703. The first-order valence-electron chi connectivity index (χ1n) is 9.72. The minimum absolute atomic E-state index is 0.0793. The summed E-state index contributed by atoms with van der Waals surface area (Å²) in [7, 11) is 0. The summed E-state index contributed by atoms with van der Waals surface area (Å²) in [5, 5.41) is 17.5. The van der Waals surface area contributed by atoms with Crippen molar-refractivity contribution in [2.45, 2.75) is 38.4 Å². The topological polar surface area (TPSA) is 72.9 Å². The smallest absolute Gasteiger partial charge is 0.325 e. The zero-order valence-electron chi connectivity index (χ0n) is 16.2. The number of rotatable bonds is 5. The third-order valence-corrected chi connectivity index (χ3v) is 7.03. The lowest BCUT2D eigenvalue weighted by molar-refractivity contribution is -0.133. The van der Waals surface area contributed by atoms with Crippen molar-refractivity contribution in [3.05, 3.63) is 51.2 Å². The fourth-order valence-corrected chi connectivity index (χ4v) is 5.15. The first-order valence-corrected chi connectivity index (χ1v) is 11.0. The number of aromatic hydroxyl groups is 1. The Kier molecular flexibility index (Phi) is 5.55. The predicted molar refractivity (Wildman–Crippen MR) is 113 cm³/mol. The Morgan fingerprint density at radius 1 is 1.24 bits per heavy atom. The van der Waals surface area contributed by atoms with Gasteiger partial charge in [0, 0.05) is 17.1 Å². The van der Waals surface area contributed by atoms with Gasteiger partial charge < -0.3 is 10.4 Å². The molecule has 2 N–H and O–H groups in total. The van der Waals surface area contributed by atoms with Crippen LogP contribution in [0.3, 0.4) is 0 Å². The van der Waals surface area contributed by atoms with E-state index in [2.05, 4.69) is 10.2 Å². The van der Waals surface area contributed by atoms with E-state index in [1.807, 2.05) is 23.8 Å². The van der Waals surface area contributed by atoms with Gasteiger partial charge in [-0.15, -0.1) is 0 Å². The first-order chi connectivity index (χ1) is 13.9. The average Bonchev–Trinajstić information content (AvgIpc) is 3.28. The van der Waals surface area contributed by atoms with Crippen LogP contribution < -0.4 is 5.32 Å². The van der Waals surface area contributed by atoms with Gasteiger partial charge in [-0.05, 0) is 79.4 Å². The van der Waals surface area contributed by atoms with Crippen LogP contribution in [0.5, 0.6) is 5.75 Å². The molecule has 1 aromatic carbocycles. The molecule has 0 bridgehead atoms. The Morgan fingerprint density at radius 3 is 2.69 bits per heavy atom. The van der Waals surface area contributed by atoms with Crippen molar-refractivity contribution in [2.75, 3.05) is 13.1 Å². The monoisotopic (exact) mass is 433 g/mol. The van der Waals surface area contributed by atoms with Gasteiger partial charge in [-0.25, -0.2) is 4.79 Å². The van der Waals surface area contributed by atoms with Gasteiger partial charge in [0.1, 0.15) is 11.3 Å². The summed E-state index contributed by atoms with van der Waals surface area (Å²) in [4.78, 5) is 29.2. The number of nitrogens with one attached hydrogen (secondary N) is 1. The molecule has 6 nitrogen and oxygen atoms in total. The number of hydrogen-bond donors (Lipinski definition) is 2. The normalized spacial score (nSPS) is 23.6. The van der Waals surface area contributed by atoms with Gasteiger partial charge in [-0.3, -0.25) is 14.6 Å². The SMILES string of the molecule is C[C@]1(C2CCN(Cc3cc(Cl)ccc3O)CC2)NC(=O)N(Cc2ccsc2)C1=O. The molecular formula is C21H24ClN3O3S. The van der Waals surface area contributed by atoms with Gasteiger partial charge in [0.05, 0.1) is 6.54 Å². The summed E-state index contributed by atoms with van der Waals surface area (Å²) in [6.07, 6.45) is 1.60. The van der Waals surface area contributed by atoms with Crippen molar-refractivity contribution in [3.8, 4) is 5.75 Å². The summed E-state index contributed by atoms with van der Waals surface area (Å²) in [6, 6.07) is 6.69. The molecule has 8 heteroatoms. The minimum Gasteiger partial charge on any atom is -0.508 e. The highest BCUT2D eigenvalue weighted by Gasteiger charge is 2.52. The van der Waals surface area contributed by atoms with Crippen molar-refractivity contribution in [1.29, 1.82) is 0 Å². The van der Waals surface area contributed by atoms with Gasteiger partial charge in [-0.2, -0.15) is 11.3 Å². The summed E-state index contributed by atoms with van der Waals surface area (Å²) in [5.41, 5.74) is 0.908. The Hall–Kier alpha value is -2.09. The molecule has 1 atom stereocenters. The van der Waals surface area contributed by atoms with Crippen LogP contribution >= 0.6 is 22.9 Å². The number of urea groups is 1. The largest absolute Gasteiger partial charge is 0.508 e. The summed E-state index contributed by atoms with van der Waals surface area (Å²) in [6.45, 7) is 4.36. The van der Waals surface area contributed by atoms with Crippen molar-refractivity contribution >= 4 is 34.9 Å². The predicted octanol–water partition coefficient (Wildman–Crippen LogP) is 3.83. The minimum atomic E-state index is -0.864. The number of phenolic OH excluding ortho intramolecular Hbond substituents is 1. The number of carbonyl (C=O) groups excluding carboxylic acids is 2. The number of phenols is 1. The number of halogens is 1. The molecule has 0 aliphatic carbocycles. The molecule has 2 aromatic rings. The molecule has 0 saturated carbocycles. The van der Waals surface area contributed by atoms with Gasteiger partial charge in [0.25, 0.3) is 5.91 Å². The number of nitrogens with zero attached hydrogens (tertiary/aromatic N) is 2.